The van der Waals surface area contributed by atoms with Crippen LogP contribution in [0.5, 0.6) is 11.5 Å². The van der Waals surface area contributed by atoms with Crippen molar-refractivity contribution in [2.45, 2.75) is 12.4 Å². The quantitative estimate of drug-likeness (QED) is 0.148. The van der Waals surface area contributed by atoms with Crippen molar-refractivity contribution in [3.8, 4) is 11.5 Å². The molecule has 0 unspecified atom stereocenters. The number of amides is 1. The van der Waals surface area contributed by atoms with Gasteiger partial charge in [0.2, 0.25) is 5.91 Å². The zero-order valence-electron chi connectivity index (χ0n) is 18.9. The van der Waals surface area contributed by atoms with Gasteiger partial charge in [0.15, 0.2) is 11.5 Å². The van der Waals surface area contributed by atoms with Gasteiger partial charge >= 0.3 is 0 Å². The Kier molecular flexibility index (Phi) is 10.4. The number of nitro benzene ring substituents is 1. The third-order valence-corrected chi connectivity index (χ3v) is 6.87. The SMILES string of the molecule is COc1cc(/C=N\NC(=O)CSCc2ccc([N+](=O)[O-])cc2)cc(Br)c1OCc1ccc(Cl)cc1Cl. The molecule has 36 heavy (non-hydrogen) atoms. The molecule has 0 fully saturated rings. The Hall–Kier alpha value is -2.79. The fourth-order valence-electron chi connectivity index (χ4n) is 2.93. The van der Waals surface area contributed by atoms with E-state index in [2.05, 4.69) is 26.5 Å². The lowest BCUT2D eigenvalue weighted by molar-refractivity contribution is -0.384. The lowest BCUT2D eigenvalue weighted by Crippen LogP contribution is -2.19. The number of hydrazone groups is 1. The van der Waals surface area contributed by atoms with Crippen LogP contribution in [0, 0.1) is 10.1 Å². The molecule has 1 N–H and O–H groups in total. The molecule has 0 aliphatic heterocycles. The second kappa shape index (κ2) is 13.5. The molecule has 0 aromatic heterocycles. The molecule has 3 rings (SSSR count). The first-order valence-electron chi connectivity index (χ1n) is 10.3. The minimum Gasteiger partial charge on any atom is -0.493 e. The predicted octanol–water partition coefficient (Wildman–Crippen LogP) is 6.64. The van der Waals surface area contributed by atoms with Crippen LogP contribution in [0.1, 0.15) is 16.7 Å². The Morgan fingerprint density at radius 2 is 1.94 bits per heavy atom. The molecule has 1 amide bonds. The summed E-state index contributed by atoms with van der Waals surface area (Å²) in [5, 5.41) is 15.7. The number of rotatable bonds is 11. The standard InChI is InChI=1S/C24H20BrCl2N3O5S/c1-34-22-9-16(8-20(25)24(22)35-12-17-4-5-18(26)10-21(17)27)11-28-29-23(31)14-36-13-15-2-6-19(7-3-15)30(32)33/h2-11H,12-14H2,1H3,(H,29,31)/b28-11-. The molecule has 0 saturated carbocycles. The van der Waals surface area contributed by atoms with Crippen molar-refractivity contribution in [2.24, 2.45) is 5.10 Å². The maximum Gasteiger partial charge on any atom is 0.269 e. The van der Waals surface area contributed by atoms with Crippen LogP contribution in [-0.2, 0) is 17.2 Å². The second-order valence-electron chi connectivity index (χ2n) is 7.27. The van der Waals surface area contributed by atoms with Crippen molar-refractivity contribution in [1.82, 2.24) is 5.43 Å². The number of methoxy groups -OCH3 is 1. The van der Waals surface area contributed by atoms with Crippen molar-refractivity contribution in [2.75, 3.05) is 12.9 Å². The summed E-state index contributed by atoms with van der Waals surface area (Å²) >= 11 is 17.0. The van der Waals surface area contributed by atoms with Crippen LogP contribution in [-0.4, -0.2) is 29.9 Å². The Morgan fingerprint density at radius 3 is 2.61 bits per heavy atom. The Labute approximate surface area is 230 Å². The van der Waals surface area contributed by atoms with E-state index in [1.165, 1.54) is 37.2 Å². The number of nitrogens with one attached hydrogen (secondary N) is 1. The lowest BCUT2D eigenvalue weighted by atomic mass is 10.2. The molecule has 0 heterocycles. The minimum absolute atomic E-state index is 0.0321. The minimum atomic E-state index is -0.450. The first-order valence-corrected chi connectivity index (χ1v) is 13.0. The van der Waals surface area contributed by atoms with Gasteiger partial charge in [-0.05, 0) is 51.3 Å². The zero-order chi connectivity index (χ0) is 26.1. The molecule has 8 nitrogen and oxygen atoms in total. The highest BCUT2D eigenvalue weighted by atomic mass is 79.9. The molecule has 0 spiro atoms. The van der Waals surface area contributed by atoms with Gasteiger partial charge in [-0.15, -0.1) is 11.8 Å². The average Bonchev–Trinajstić information content (AvgIpc) is 2.84. The van der Waals surface area contributed by atoms with Crippen LogP contribution in [0.2, 0.25) is 10.0 Å². The molecule has 0 aliphatic rings. The van der Waals surface area contributed by atoms with Crippen LogP contribution in [0.3, 0.4) is 0 Å². The van der Waals surface area contributed by atoms with Crippen molar-refractivity contribution in [3.63, 3.8) is 0 Å². The van der Waals surface area contributed by atoms with Crippen LogP contribution in [0.25, 0.3) is 0 Å². The van der Waals surface area contributed by atoms with E-state index in [4.69, 9.17) is 32.7 Å². The van der Waals surface area contributed by atoms with Crippen LogP contribution >= 0.6 is 50.9 Å². The fourth-order valence-corrected chi connectivity index (χ4v) is 4.75. The summed E-state index contributed by atoms with van der Waals surface area (Å²) in [5.41, 5.74) is 4.85. The third kappa shape index (κ3) is 8.12. The van der Waals surface area contributed by atoms with Gasteiger partial charge in [0.25, 0.3) is 5.69 Å². The predicted molar refractivity (Wildman–Crippen MR) is 146 cm³/mol. The molecule has 0 bridgehead atoms. The highest BCUT2D eigenvalue weighted by molar-refractivity contribution is 9.10. The van der Waals surface area contributed by atoms with Crippen molar-refractivity contribution in [1.29, 1.82) is 0 Å². The highest BCUT2D eigenvalue weighted by Crippen LogP contribution is 2.37. The number of hydrogen-bond acceptors (Lipinski definition) is 7. The van der Waals surface area contributed by atoms with E-state index in [1.54, 1.807) is 42.5 Å². The van der Waals surface area contributed by atoms with Gasteiger partial charge in [0.05, 0.1) is 28.5 Å². The molecule has 0 radical (unpaired) electrons. The van der Waals surface area contributed by atoms with Crippen molar-refractivity contribution >= 4 is 68.7 Å². The zero-order valence-corrected chi connectivity index (χ0v) is 22.8. The number of ether oxygens (including phenoxy) is 2. The van der Waals surface area contributed by atoms with Crippen molar-refractivity contribution < 1.29 is 19.2 Å². The van der Waals surface area contributed by atoms with E-state index < -0.39 is 4.92 Å². The number of carbonyl (C=O) groups excluding carboxylic acids is 1. The summed E-state index contributed by atoms with van der Waals surface area (Å²) in [5.74, 6) is 1.42. The third-order valence-electron chi connectivity index (χ3n) is 4.69. The van der Waals surface area contributed by atoms with Crippen LogP contribution in [0.15, 0.2) is 64.2 Å². The fraction of sp³-hybridized carbons (Fsp3) is 0.167. The molecule has 0 aliphatic carbocycles. The second-order valence-corrected chi connectivity index (χ2v) is 9.95. The molecule has 0 atom stereocenters. The molecular weight excluding hydrogens is 593 g/mol. The number of halogens is 3. The van der Waals surface area contributed by atoms with Gasteiger partial charge in [0.1, 0.15) is 6.61 Å². The normalized spacial score (nSPS) is 10.9. The van der Waals surface area contributed by atoms with E-state index in [1.807, 2.05) is 0 Å². The van der Waals surface area contributed by atoms with Crippen LogP contribution in [0.4, 0.5) is 5.69 Å². The summed E-state index contributed by atoms with van der Waals surface area (Å²) < 4.78 is 12.0. The lowest BCUT2D eigenvalue weighted by Gasteiger charge is -2.14. The van der Waals surface area contributed by atoms with Gasteiger partial charge in [-0.25, -0.2) is 5.43 Å². The number of carbonyl (C=O) groups is 1. The van der Waals surface area contributed by atoms with Gasteiger partial charge < -0.3 is 9.47 Å². The molecular formula is C24H20BrCl2N3O5S. The summed E-state index contributed by atoms with van der Waals surface area (Å²) in [4.78, 5) is 22.3. The van der Waals surface area contributed by atoms with Gasteiger partial charge in [-0.3, -0.25) is 14.9 Å². The van der Waals surface area contributed by atoms with Gasteiger partial charge in [-0.1, -0.05) is 41.4 Å². The number of thioether (sulfide) groups is 1. The highest BCUT2D eigenvalue weighted by Gasteiger charge is 2.13. The number of non-ortho nitro benzene ring substituents is 1. The Balaban J connectivity index is 1.52. The molecule has 12 heteroatoms. The number of nitro groups is 1. The van der Waals surface area contributed by atoms with E-state index >= 15 is 0 Å². The molecule has 188 valence electrons. The van der Waals surface area contributed by atoms with Gasteiger partial charge in [-0.2, -0.15) is 5.10 Å². The smallest absolute Gasteiger partial charge is 0.269 e. The number of hydrogen-bond donors (Lipinski definition) is 1. The molecule has 3 aromatic carbocycles. The monoisotopic (exact) mass is 611 g/mol. The van der Waals surface area contributed by atoms with E-state index in [0.717, 1.165) is 11.1 Å². The van der Waals surface area contributed by atoms with Crippen molar-refractivity contribution in [3.05, 3.63) is 95.9 Å². The van der Waals surface area contributed by atoms with Gasteiger partial charge in [0, 0.05) is 33.5 Å². The number of benzene rings is 3. The summed E-state index contributed by atoms with van der Waals surface area (Å²) in [6.07, 6.45) is 1.49. The van der Waals surface area contributed by atoms with Crippen LogP contribution < -0.4 is 14.9 Å². The summed E-state index contributed by atoms with van der Waals surface area (Å²) in [7, 11) is 1.52. The maximum absolute atomic E-state index is 12.1. The topological polar surface area (TPSA) is 103 Å². The summed E-state index contributed by atoms with van der Waals surface area (Å²) in [6.45, 7) is 0.214. The summed E-state index contributed by atoms with van der Waals surface area (Å²) in [6, 6.07) is 14.9. The molecule has 0 saturated heterocycles. The van der Waals surface area contributed by atoms with E-state index in [0.29, 0.717) is 37.3 Å². The first-order chi connectivity index (χ1) is 17.3. The largest absolute Gasteiger partial charge is 0.493 e. The Morgan fingerprint density at radius 1 is 1.19 bits per heavy atom. The number of nitrogens with zero attached hydrogens (tertiary/aromatic N) is 2. The van der Waals surface area contributed by atoms with E-state index in [9.17, 15) is 14.9 Å². The Bertz CT molecular complexity index is 1280. The average molecular weight is 613 g/mol. The maximum atomic E-state index is 12.1. The van der Waals surface area contributed by atoms with E-state index in [-0.39, 0.29) is 24.0 Å². The molecule has 3 aromatic rings. The first kappa shape index (κ1) is 27.8.